The van der Waals surface area contributed by atoms with Crippen LogP contribution in [0.15, 0.2) is 18.2 Å². The van der Waals surface area contributed by atoms with Crippen molar-refractivity contribution in [3.63, 3.8) is 0 Å². The minimum absolute atomic E-state index is 0.0436. The molecule has 1 amide bonds. The van der Waals surface area contributed by atoms with Crippen LogP contribution in [0.1, 0.15) is 35.9 Å². The molecule has 1 aliphatic rings. The van der Waals surface area contributed by atoms with Crippen LogP contribution >= 0.6 is 0 Å². The molecule has 2 heterocycles. The molecule has 0 bridgehead atoms. The Morgan fingerprint density at radius 3 is 2.95 bits per heavy atom. The number of aromatic carboxylic acids is 1. The first-order chi connectivity index (χ1) is 10.1. The number of hydrogen-bond acceptors (Lipinski definition) is 3. The van der Waals surface area contributed by atoms with Crippen molar-refractivity contribution in [2.75, 3.05) is 0 Å². The van der Waals surface area contributed by atoms with Crippen LogP contribution in [-0.2, 0) is 17.8 Å². The number of carbonyl (C=O) groups excluding carboxylic acids is 1. The number of carboxylic acid groups (broad SMARTS) is 1. The molecule has 0 radical (unpaired) electrons. The predicted molar refractivity (Wildman–Crippen MR) is 77.2 cm³/mol. The fourth-order valence-corrected chi connectivity index (χ4v) is 2.91. The van der Waals surface area contributed by atoms with Crippen LogP contribution in [0.5, 0.6) is 0 Å². The van der Waals surface area contributed by atoms with Gasteiger partial charge in [-0.05, 0) is 18.6 Å². The highest BCUT2D eigenvalue weighted by Crippen LogP contribution is 2.23. The van der Waals surface area contributed by atoms with Crippen LogP contribution in [0.2, 0.25) is 0 Å². The zero-order chi connectivity index (χ0) is 15.0. The van der Waals surface area contributed by atoms with Crippen LogP contribution in [0.4, 0.5) is 0 Å². The number of nitrogens with one attached hydrogen (secondary N) is 1. The standard InChI is InChI=1S/C15H17N3O3/c1-2-12-17-11-5-3-4-10(15(20)21)14(11)18(12)8-9-6-7-13(19)16-9/h3-5,9H,2,6-8H2,1H3,(H,16,19)(H,20,21). The quantitative estimate of drug-likeness (QED) is 0.894. The summed E-state index contributed by atoms with van der Waals surface area (Å²) in [6, 6.07) is 5.17. The molecule has 1 fully saturated rings. The Morgan fingerprint density at radius 2 is 2.33 bits per heavy atom. The molecular formula is C15H17N3O3. The monoisotopic (exact) mass is 287 g/mol. The van der Waals surface area contributed by atoms with E-state index in [9.17, 15) is 14.7 Å². The topological polar surface area (TPSA) is 84.2 Å². The number of rotatable bonds is 4. The van der Waals surface area contributed by atoms with Gasteiger partial charge in [0, 0.05) is 25.4 Å². The summed E-state index contributed by atoms with van der Waals surface area (Å²) in [7, 11) is 0. The van der Waals surface area contributed by atoms with Crippen LogP contribution in [0.25, 0.3) is 11.0 Å². The molecule has 1 atom stereocenters. The number of carboxylic acids is 1. The fraction of sp³-hybridized carbons (Fsp3) is 0.400. The number of nitrogens with zero attached hydrogens (tertiary/aromatic N) is 2. The average molecular weight is 287 g/mol. The van der Waals surface area contributed by atoms with Crippen molar-refractivity contribution in [2.24, 2.45) is 0 Å². The number of para-hydroxylation sites is 1. The van der Waals surface area contributed by atoms with Gasteiger partial charge in [-0.1, -0.05) is 13.0 Å². The number of imidazole rings is 1. The molecule has 0 aliphatic carbocycles. The van der Waals surface area contributed by atoms with E-state index in [4.69, 9.17) is 0 Å². The Labute approximate surface area is 121 Å². The number of carbonyl (C=O) groups is 2. The van der Waals surface area contributed by atoms with Crippen molar-refractivity contribution < 1.29 is 14.7 Å². The van der Waals surface area contributed by atoms with Gasteiger partial charge in [0.15, 0.2) is 0 Å². The minimum atomic E-state index is -0.958. The third-order valence-corrected chi connectivity index (χ3v) is 3.88. The van der Waals surface area contributed by atoms with Crippen molar-refractivity contribution in [1.29, 1.82) is 0 Å². The third kappa shape index (κ3) is 2.37. The molecule has 1 unspecified atom stereocenters. The second kappa shape index (κ2) is 5.20. The molecule has 1 aromatic heterocycles. The van der Waals surface area contributed by atoms with Gasteiger partial charge in [0.2, 0.25) is 5.91 Å². The highest BCUT2D eigenvalue weighted by Gasteiger charge is 2.24. The molecule has 1 aliphatic heterocycles. The Kier molecular flexibility index (Phi) is 3.37. The Hall–Kier alpha value is -2.37. The van der Waals surface area contributed by atoms with Gasteiger partial charge in [-0.25, -0.2) is 9.78 Å². The molecule has 1 saturated heterocycles. The highest BCUT2D eigenvalue weighted by atomic mass is 16.4. The molecule has 21 heavy (non-hydrogen) atoms. The molecule has 6 nitrogen and oxygen atoms in total. The molecule has 110 valence electrons. The van der Waals surface area contributed by atoms with E-state index in [0.29, 0.717) is 30.4 Å². The van der Waals surface area contributed by atoms with E-state index in [2.05, 4.69) is 10.3 Å². The number of fused-ring (bicyclic) bond motifs is 1. The number of hydrogen-bond donors (Lipinski definition) is 2. The fourth-order valence-electron chi connectivity index (χ4n) is 2.91. The van der Waals surface area contributed by atoms with E-state index in [0.717, 1.165) is 12.2 Å². The smallest absolute Gasteiger partial charge is 0.337 e. The van der Waals surface area contributed by atoms with E-state index in [1.165, 1.54) is 0 Å². The van der Waals surface area contributed by atoms with Crippen molar-refractivity contribution in [3.8, 4) is 0 Å². The summed E-state index contributed by atoms with van der Waals surface area (Å²) in [4.78, 5) is 27.3. The second-order valence-corrected chi connectivity index (χ2v) is 5.27. The first-order valence-electron chi connectivity index (χ1n) is 7.11. The average Bonchev–Trinajstić information content (AvgIpc) is 3.03. The van der Waals surface area contributed by atoms with Gasteiger partial charge in [0.1, 0.15) is 5.82 Å². The predicted octanol–water partition coefficient (Wildman–Crippen LogP) is 1.58. The molecule has 3 rings (SSSR count). The van der Waals surface area contributed by atoms with Gasteiger partial charge < -0.3 is 15.0 Å². The van der Waals surface area contributed by atoms with Crippen molar-refractivity contribution in [1.82, 2.24) is 14.9 Å². The summed E-state index contributed by atoms with van der Waals surface area (Å²) in [5.41, 5.74) is 1.59. The molecule has 1 aromatic carbocycles. The van der Waals surface area contributed by atoms with E-state index in [1.807, 2.05) is 17.6 Å². The Morgan fingerprint density at radius 1 is 1.52 bits per heavy atom. The maximum absolute atomic E-state index is 11.4. The molecular weight excluding hydrogens is 270 g/mol. The lowest BCUT2D eigenvalue weighted by atomic mass is 10.1. The maximum atomic E-state index is 11.4. The number of aryl methyl sites for hydroxylation is 1. The largest absolute Gasteiger partial charge is 0.478 e. The van der Waals surface area contributed by atoms with Gasteiger partial charge in [-0.15, -0.1) is 0 Å². The van der Waals surface area contributed by atoms with Gasteiger partial charge >= 0.3 is 5.97 Å². The van der Waals surface area contributed by atoms with Crippen molar-refractivity contribution >= 4 is 22.9 Å². The van der Waals surface area contributed by atoms with Crippen LogP contribution in [-0.4, -0.2) is 32.6 Å². The molecule has 6 heteroatoms. The normalized spacial score (nSPS) is 18.1. The summed E-state index contributed by atoms with van der Waals surface area (Å²) >= 11 is 0. The number of aromatic nitrogens is 2. The molecule has 0 spiro atoms. The summed E-state index contributed by atoms with van der Waals surface area (Å²) < 4.78 is 1.94. The minimum Gasteiger partial charge on any atom is -0.478 e. The number of benzene rings is 1. The third-order valence-electron chi connectivity index (χ3n) is 3.88. The summed E-state index contributed by atoms with van der Waals surface area (Å²) in [5.74, 6) is -0.0550. The zero-order valence-corrected chi connectivity index (χ0v) is 11.8. The lowest BCUT2D eigenvalue weighted by molar-refractivity contribution is -0.119. The van der Waals surface area contributed by atoms with Gasteiger partial charge in [0.25, 0.3) is 0 Å². The Balaban J connectivity index is 2.10. The Bertz CT molecular complexity index is 720. The van der Waals surface area contributed by atoms with E-state index in [-0.39, 0.29) is 17.5 Å². The first-order valence-corrected chi connectivity index (χ1v) is 7.11. The molecule has 0 saturated carbocycles. The second-order valence-electron chi connectivity index (χ2n) is 5.27. The maximum Gasteiger partial charge on any atom is 0.337 e. The van der Waals surface area contributed by atoms with E-state index < -0.39 is 5.97 Å². The summed E-state index contributed by atoms with van der Waals surface area (Å²) in [5, 5.41) is 12.3. The summed E-state index contributed by atoms with van der Waals surface area (Å²) in [6.45, 7) is 2.56. The molecule has 2 N–H and O–H groups in total. The lowest BCUT2D eigenvalue weighted by Gasteiger charge is -2.15. The van der Waals surface area contributed by atoms with Gasteiger partial charge in [0.05, 0.1) is 16.6 Å². The summed E-state index contributed by atoms with van der Waals surface area (Å²) in [6.07, 6.45) is 2.02. The van der Waals surface area contributed by atoms with E-state index >= 15 is 0 Å². The van der Waals surface area contributed by atoms with Gasteiger partial charge in [-0.2, -0.15) is 0 Å². The van der Waals surface area contributed by atoms with Crippen molar-refractivity contribution in [3.05, 3.63) is 29.6 Å². The van der Waals surface area contributed by atoms with Gasteiger partial charge in [-0.3, -0.25) is 4.79 Å². The van der Waals surface area contributed by atoms with Crippen molar-refractivity contribution in [2.45, 2.75) is 38.8 Å². The zero-order valence-electron chi connectivity index (χ0n) is 11.8. The van der Waals surface area contributed by atoms with Crippen LogP contribution in [0.3, 0.4) is 0 Å². The van der Waals surface area contributed by atoms with Crippen LogP contribution < -0.4 is 5.32 Å². The molecule has 2 aromatic rings. The lowest BCUT2D eigenvalue weighted by Crippen LogP contribution is -2.30. The SMILES string of the molecule is CCc1nc2cccc(C(=O)O)c2n1CC1CCC(=O)N1. The first kappa shape index (κ1) is 13.6. The van der Waals surface area contributed by atoms with E-state index in [1.54, 1.807) is 12.1 Å². The number of amides is 1. The van der Waals surface area contributed by atoms with Crippen LogP contribution in [0, 0.1) is 0 Å². The highest BCUT2D eigenvalue weighted by molar-refractivity contribution is 6.01.